The fourth-order valence-corrected chi connectivity index (χ4v) is 4.55. The molecule has 0 saturated carbocycles. The van der Waals surface area contributed by atoms with Crippen LogP contribution in [0.3, 0.4) is 0 Å². The van der Waals surface area contributed by atoms with Gasteiger partial charge in [0.2, 0.25) is 5.91 Å². The second-order valence-corrected chi connectivity index (χ2v) is 8.00. The largest absolute Gasteiger partial charge is 0.419 e. The van der Waals surface area contributed by atoms with Crippen LogP contribution in [0.15, 0.2) is 36.4 Å². The Bertz CT molecular complexity index is 1040. The third-order valence-electron chi connectivity index (χ3n) is 5.63. The van der Waals surface area contributed by atoms with Gasteiger partial charge in [-0.2, -0.15) is 26.3 Å². The van der Waals surface area contributed by atoms with Gasteiger partial charge in [-0.3, -0.25) is 4.79 Å². The highest BCUT2D eigenvalue weighted by Crippen LogP contribution is 2.50. The van der Waals surface area contributed by atoms with Crippen LogP contribution < -0.4 is 5.32 Å². The van der Waals surface area contributed by atoms with E-state index < -0.39 is 64.7 Å². The van der Waals surface area contributed by atoms with E-state index in [4.69, 9.17) is 16.3 Å². The molecule has 4 rings (SSSR count). The van der Waals surface area contributed by atoms with Gasteiger partial charge in [0.05, 0.1) is 35.4 Å². The molecular formula is C20H15ClF6N2O3. The average molecular weight is 481 g/mol. The summed E-state index contributed by atoms with van der Waals surface area (Å²) in [7, 11) is 0. The molecule has 1 amide bonds. The average Bonchev–Trinajstić information content (AvgIpc) is 3.23. The number of aromatic nitrogens is 1. The highest BCUT2D eigenvalue weighted by atomic mass is 35.5. The van der Waals surface area contributed by atoms with Crippen molar-refractivity contribution in [1.82, 2.24) is 4.98 Å². The van der Waals surface area contributed by atoms with Crippen LogP contribution in [-0.2, 0) is 21.9 Å². The van der Waals surface area contributed by atoms with Crippen molar-refractivity contribution in [2.24, 2.45) is 5.92 Å². The topological polar surface area (TPSA) is 71.5 Å². The van der Waals surface area contributed by atoms with Crippen molar-refractivity contribution >= 4 is 23.3 Å². The number of ether oxygens (including phenoxy) is 1. The van der Waals surface area contributed by atoms with Crippen LogP contribution in [0.2, 0.25) is 5.15 Å². The van der Waals surface area contributed by atoms with Crippen molar-refractivity contribution in [3.05, 3.63) is 58.2 Å². The van der Waals surface area contributed by atoms with Gasteiger partial charge in [-0.1, -0.05) is 29.8 Å². The minimum Gasteiger partial charge on any atom is -0.390 e. The maximum Gasteiger partial charge on any atom is 0.419 e. The van der Waals surface area contributed by atoms with Crippen LogP contribution in [0.1, 0.15) is 29.0 Å². The lowest BCUT2D eigenvalue weighted by Crippen LogP contribution is -2.41. The molecule has 5 nitrogen and oxygen atoms in total. The standard InChI is InChI=1S/C20H15ClF6N2O3/c21-17-10(20(25,26)27)4-5-13(28-17)29-18(31)15-12-7-11(30)16(32-12)14(15)8-2-1-3-9(6-8)19(22,23)24/h1-6,11-12,14-16,30H,7H2,(H,28,29,31)/t11-,12+,14+,15-,16-/m0/s1. The number of anilines is 1. The van der Waals surface area contributed by atoms with Crippen molar-refractivity contribution in [2.45, 2.75) is 43.0 Å². The number of aliphatic hydroxyl groups excluding tert-OH is 1. The Labute approximate surface area is 182 Å². The zero-order valence-corrected chi connectivity index (χ0v) is 16.7. The van der Waals surface area contributed by atoms with Gasteiger partial charge in [0.1, 0.15) is 11.0 Å². The summed E-state index contributed by atoms with van der Waals surface area (Å²) in [6, 6.07) is 5.98. The van der Waals surface area contributed by atoms with E-state index in [9.17, 15) is 36.2 Å². The Morgan fingerprint density at radius 1 is 1.12 bits per heavy atom. The highest BCUT2D eigenvalue weighted by molar-refractivity contribution is 6.30. The van der Waals surface area contributed by atoms with Crippen molar-refractivity contribution in [1.29, 1.82) is 0 Å². The number of pyridine rings is 1. The minimum atomic E-state index is -4.73. The molecular weight excluding hydrogens is 466 g/mol. The Morgan fingerprint density at radius 2 is 1.84 bits per heavy atom. The number of nitrogens with one attached hydrogen (secondary N) is 1. The van der Waals surface area contributed by atoms with Gasteiger partial charge < -0.3 is 15.2 Å². The Balaban J connectivity index is 1.62. The number of nitrogens with zero attached hydrogens (tertiary/aromatic N) is 1. The monoisotopic (exact) mass is 480 g/mol. The number of carbonyl (C=O) groups is 1. The first-order valence-electron chi connectivity index (χ1n) is 9.41. The number of fused-ring (bicyclic) bond motifs is 2. The Hall–Kier alpha value is -2.37. The van der Waals surface area contributed by atoms with Crippen LogP contribution in [0, 0.1) is 5.92 Å². The van der Waals surface area contributed by atoms with E-state index in [2.05, 4.69) is 10.3 Å². The number of aliphatic hydroxyl groups is 1. The summed E-state index contributed by atoms with van der Waals surface area (Å²) >= 11 is 5.58. The molecule has 1 aromatic heterocycles. The van der Waals surface area contributed by atoms with Gasteiger partial charge >= 0.3 is 12.4 Å². The molecule has 1 aromatic carbocycles. The van der Waals surface area contributed by atoms with Crippen molar-refractivity contribution in [3.63, 3.8) is 0 Å². The molecule has 2 bridgehead atoms. The third-order valence-corrected chi connectivity index (χ3v) is 5.92. The number of benzene rings is 1. The molecule has 2 aliphatic rings. The Kier molecular flexibility index (Phi) is 5.62. The summed E-state index contributed by atoms with van der Waals surface area (Å²) in [5, 5.41) is 11.7. The second kappa shape index (κ2) is 7.89. The summed E-state index contributed by atoms with van der Waals surface area (Å²) in [6.45, 7) is 0. The van der Waals surface area contributed by atoms with Crippen LogP contribution in [0.25, 0.3) is 0 Å². The van der Waals surface area contributed by atoms with E-state index >= 15 is 0 Å². The van der Waals surface area contributed by atoms with Crippen LogP contribution in [0.5, 0.6) is 0 Å². The highest BCUT2D eigenvalue weighted by Gasteiger charge is 2.57. The SMILES string of the molecule is O=C(Nc1ccc(C(F)(F)F)c(Cl)n1)[C@@H]1[C@@H](c2cccc(C(F)(F)F)c2)[C@H]2O[C@@H]1C[C@@H]2O. The second-order valence-electron chi connectivity index (χ2n) is 7.64. The molecule has 2 saturated heterocycles. The lowest BCUT2D eigenvalue weighted by atomic mass is 9.73. The van der Waals surface area contributed by atoms with Crippen LogP contribution in [-0.4, -0.2) is 34.3 Å². The first-order valence-corrected chi connectivity index (χ1v) is 9.79. The molecule has 5 atom stereocenters. The summed E-state index contributed by atoms with van der Waals surface area (Å²) in [6.07, 6.45) is -11.9. The minimum absolute atomic E-state index is 0.0966. The van der Waals surface area contributed by atoms with E-state index in [1.165, 1.54) is 12.1 Å². The van der Waals surface area contributed by atoms with Gasteiger partial charge in [-0.05, 0) is 23.8 Å². The molecule has 2 N–H and O–H groups in total. The number of alkyl halides is 6. The number of carbonyl (C=O) groups excluding carboxylic acids is 1. The molecule has 172 valence electrons. The first-order chi connectivity index (χ1) is 14.9. The summed E-state index contributed by atoms with van der Waals surface area (Å²) < 4.78 is 83.7. The smallest absolute Gasteiger partial charge is 0.390 e. The van der Waals surface area contributed by atoms with E-state index in [-0.39, 0.29) is 17.8 Å². The van der Waals surface area contributed by atoms with E-state index in [0.717, 1.165) is 18.2 Å². The molecule has 0 radical (unpaired) electrons. The summed E-state index contributed by atoms with van der Waals surface area (Å²) in [5.74, 6) is -2.85. The van der Waals surface area contributed by atoms with E-state index in [1.54, 1.807) is 0 Å². The molecule has 12 heteroatoms. The number of amides is 1. The van der Waals surface area contributed by atoms with Crippen molar-refractivity contribution in [2.75, 3.05) is 5.32 Å². The van der Waals surface area contributed by atoms with Crippen molar-refractivity contribution in [3.8, 4) is 0 Å². The molecule has 0 aliphatic carbocycles. The summed E-state index contributed by atoms with van der Waals surface area (Å²) in [4.78, 5) is 16.5. The van der Waals surface area contributed by atoms with Gasteiger partial charge in [-0.25, -0.2) is 4.98 Å². The van der Waals surface area contributed by atoms with Gasteiger partial charge in [0.25, 0.3) is 0 Å². The maximum absolute atomic E-state index is 13.2. The Morgan fingerprint density at radius 3 is 2.47 bits per heavy atom. The van der Waals surface area contributed by atoms with Gasteiger partial charge in [0.15, 0.2) is 0 Å². The number of hydrogen-bond donors (Lipinski definition) is 2. The number of hydrogen-bond acceptors (Lipinski definition) is 4. The zero-order chi connectivity index (χ0) is 23.4. The number of rotatable bonds is 3. The van der Waals surface area contributed by atoms with E-state index in [1.807, 2.05) is 0 Å². The zero-order valence-electron chi connectivity index (χ0n) is 15.9. The molecule has 3 heterocycles. The van der Waals surface area contributed by atoms with Crippen LogP contribution in [0.4, 0.5) is 32.2 Å². The fourth-order valence-electron chi connectivity index (χ4n) is 4.29. The molecule has 2 aromatic rings. The molecule has 0 spiro atoms. The first kappa shape index (κ1) is 22.8. The van der Waals surface area contributed by atoms with Gasteiger partial charge in [0, 0.05) is 12.3 Å². The van der Waals surface area contributed by atoms with Gasteiger partial charge in [-0.15, -0.1) is 0 Å². The normalized spacial score (nSPS) is 27.6. The summed E-state index contributed by atoms with van der Waals surface area (Å²) in [5.41, 5.74) is -1.93. The lowest BCUT2D eigenvalue weighted by Gasteiger charge is -2.30. The molecule has 2 fully saturated rings. The lowest BCUT2D eigenvalue weighted by molar-refractivity contribution is -0.138. The number of halogens is 7. The fraction of sp³-hybridized carbons (Fsp3) is 0.400. The molecule has 32 heavy (non-hydrogen) atoms. The van der Waals surface area contributed by atoms with E-state index in [0.29, 0.717) is 6.07 Å². The maximum atomic E-state index is 13.2. The predicted octanol–water partition coefficient (Wildman–Crippen LogP) is 4.64. The quantitative estimate of drug-likeness (QED) is 0.496. The molecule has 2 aliphatic heterocycles. The third kappa shape index (κ3) is 4.16. The molecule has 0 unspecified atom stereocenters. The predicted molar refractivity (Wildman–Crippen MR) is 99.8 cm³/mol. The van der Waals surface area contributed by atoms with Crippen LogP contribution >= 0.6 is 11.6 Å². The van der Waals surface area contributed by atoms with Crippen molar-refractivity contribution < 1.29 is 41.0 Å².